The third-order valence-electron chi connectivity index (χ3n) is 6.74. The maximum Gasteiger partial charge on any atom is 0.259 e. The summed E-state index contributed by atoms with van der Waals surface area (Å²) >= 11 is 0. The van der Waals surface area contributed by atoms with Crippen molar-refractivity contribution < 1.29 is 23.0 Å². The van der Waals surface area contributed by atoms with Crippen molar-refractivity contribution in [1.29, 1.82) is 5.26 Å². The predicted octanol–water partition coefficient (Wildman–Crippen LogP) is 5.43. The van der Waals surface area contributed by atoms with Gasteiger partial charge in [-0.1, -0.05) is 39.0 Å². The van der Waals surface area contributed by atoms with Crippen molar-refractivity contribution >= 4 is 31.4 Å². The molecule has 4 rings (SSSR count). The molecule has 11 nitrogen and oxygen atoms in total. The minimum Gasteiger partial charge on any atom is -0.373 e. The van der Waals surface area contributed by atoms with E-state index in [0.717, 1.165) is 25.9 Å². The number of rotatable bonds is 14. The van der Waals surface area contributed by atoms with E-state index in [4.69, 9.17) is 19.0 Å². The lowest BCUT2D eigenvalue weighted by Crippen LogP contribution is -2.49. The van der Waals surface area contributed by atoms with Gasteiger partial charge in [0.2, 0.25) is 0 Å². The van der Waals surface area contributed by atoms with Gasteiger partial charge in [-0.25, -0.2) is 24.0 Å². The summed E-state index contributed by atoms with van der Waals surface area (Å²) in [6.45, 7) is 7.85. The first-order valence-electron chi connectivity index (χ1n) is 14.0. The van der Waals surface area contributed by atoms with Crippen LogP contribution in [0.4, 0.5) is 10.2 Å². The van der Waals surface area contributed by atoms with E-state index in [1.807, 2.05) is 13.0 Å². The molecule has 1 saturated heterocycles. The summed E-state index contributed by atoms with van der Waals surface area (Å²) in [4.78, 5) is 25.7. The molecule has 0 radical (unpaired) electrons. The molecule has 1 aromatic carbocycles. The number of anilines is 1. The zero-order valence-electron chi connectivity index (χ0n) is 23.6. The van der Waals surface area contributed by atoms with Gasteiger partial charge in [-0.05, 0) is 31.4 Å². The lowest BCUT2D eigenvalue weighted by molar-refractivity contribution is -0.127. The second-order valence-electron chi connectivity index (χ2n) is 9.66. The van der Waals surface area contributed by atoms with Crippen molar-refractivity contribution in [2.24, 2.45) is 0 Å². The number of carbonyl (C=O) groups excluding carboxylic acids is 1. The maximum absolute atomic E-state index is 16.5. The molecule has 0 saturated carbocycles. The molecule has 2 aromatic heterocycles. The molecular formula is C28H37FN7O4P. The van der Waals surface area contributed by atoms with Crippen LogP contribution in [0.15, 0.2) is 43.0 Å². The summed E-state index contributed by atoms with van der Waals surface area (Å²) in [5.41, 5.74) is 1.19. The van der Waals surface area contributed by atoms with Gasteiger partial charge in [-0.3, -0.25) is 4.79 Å². The van der Waals surface area contributed by atoms with E-state index in [1.165, 1.54) is 12.7 Å². The molecule has 1 fully saturated rings. The van der Waals surface area contributed by atoms with E-state index in [1.54, 1.807) is 28.8 Å². The van der Waals surface area contributed by atoms with Crippen molar-refractivity contribution in [3.8, 4) is 6.07 Å². The molecule has 3 heterocycles. The Morgan fingerprint density at radius 1 is 1.22 bits per heavy atom. The Hall–Kier alpha value is -3.07. The summed E-state index contributed by atoms with van der Waals surface area (Å²) in [5, 5.41) is 11.8. The van der Waals surface area contributed by atoms with Gasteiger partial charge in [-0.15, -0.1) is 0 Å². The Morgan fingerprint density at radius 3 is 2.66 bits per heavy atom. The van der Waals surface area contributed by atoms with Crippen molar-refractivity contribution in [2.45, 2.75) is 70.9 Å². The number of benzene rings is 1. The van der Waals surface area contributed by atoms with Crippen LogP contribution in [0.1, 0.15) is 62.9 Å². The summed E-state index contributed by atoms with van der Waals surface area (Å²) in [7, 11) is -1.61. The first-order valence-corrected chi connectivity index (χ1v) is 15.2. The minimum atomic E-state index is -1.61. The SMILES string of the molecule is CCCN(CCC)P(OCCC#N)OC1[C@@H](F)[C@H](n2cnc3c(NC(=O)c4ccccc4)ncnc32)CO[C@@H]1CC. The Bertz CT molecular complexity index is 1300. The molecule has 0 spiro atoms. The number of amides is 1. The number of hydrogen-bond acceptors (Lipinski definition) is 9. The quantitative estimate of drug-likeness (QED) is 0.195. The molecule has 1 N–H and O–H groups in total. The fraction of sp³-hybridized carbons (Fsp3) is 0.536. The summed E-state index contributed by atoms with van der Waals surface area (Å²) in [5.74, 6) is -0.101. The number of halogens is 1. The Kier molecular flexibility index (Phi) is 11.5. The van der Waals surface area contributed by atoms with Gasteiger partial charge in [0.1, 0.15) is 12.4 Å². The van der Waals surface area contributed by atoms with E-state index < -0.39 is 32.9 Å². The zero-order chi connectivity index (χ0) is 29.2. The molecule has 0 bridgehead atoms. The molecule has 1 amide bonds. The van der Waals surface area contributed by atoms with E-state index in [0.29, 0.717) is 23.1 Å². The zero-order valence-corrected chi connectivity index (χ0v) is 24.5. The van der Waals surface area contributed by atoms with Crippen molar-refractivity contribution in [3.63, 3.8) is 0 Å². The molecule has 0 aliphatic carbocycles. The highest BCUT2D eigenvalue weighted by atomic mass is 31.2. The Labute approximate surface area is 241 Å². The van der Waals surface area contributed by atoms with E-state index in [2.05, 4.69) is 44.9 Å². The largest absolute Gasteiger partial charge is 0.373 e. The summed E-state index contributed by atoms with van der Waals surface area (Å²) in [6, 6.07) is 10.1. The highest BCUT2D eigenvalue weighted by molar-refractivity contribution is 7.44. The number of aromatic nitrogens is 4. The molecule has 1 aliphatic rings. The molecule has 2 unspecified atom stereocenters. The number of fused-ring (bicyclic) bond motifs is 1. The molecule has 41 heavy (non-hydrogen) atoms. The van der Waals surface area contributed by atoms with E-state index in [-0.39, 0.29) is 31.4 Å². The van der Waals surface area contributed by atoms with Crippen LogP contribution in [0.3, 0.4) is 0 Å². The number of nitrogens with one attached hydrogen (secondary N) is 1. The second kappa shape index (κ2) is 15.2. The first kappa shape index (κ1) is 30.9. The smallest absolute Gasteiger partial charge is 0.259 e. The van der Waals surface area contributed by atoms with Crippen molar-refractivity contribution in [2.75, 3.05) is 31.6 Å². The van der Waals surface area contributed by atoms with E-state index in [9.17, 15) is 4.79 Å². The number of ether oxygens (including phenoxy) is 1. The lowest BCUT2D eigenvalue weighted by atomic mass is 9.97. The van der Waals surface area contributed by atoms with Gasteiger partial charge in [0.05, 0.1) is 44.2 Å². The number of hydrogen-bond donors (Lipinski definition) is 1. The van der Waals surface area contributed by atoms with Gasteiger partial charge >= 0.3 is 0 Å². The fourth-order valence-electron chi connectivity index (χ4n) is 4.74. The molecule has 5 atom stereocenters. The highest BCUT2D eigenvalue weighted by Gasteiger charge is 2.45. The van der Waals surface area contributed by atoms with Crippen LogP contribution in [0, 0.1) is 11.3 Å². The third-order valence-corrected chi connectivity index (χ3v) is 8.43. The van der Waals surface area contributed by atoms with Gasteiger partial charge in [0.25, 0.3) is 14.4 Å². The van der Waals surface area contributed by atoms with Gasteiger partial charge in [0, 0.05) is 18.7 Å². The van der Waals surface area contributed by atoms with Gasteiger partial charge in [-0.2, -0.15) is 5.26 Å². The average molecular weight is 586 g/mol. The molecular weight excluding hydrogens is 548 g/mol. The second-order valence-corrected chi connectivity index (χ2v) is 11.2. The predicted molar refractivity (Wildman–Crippen MR) is 154 cm³/mol. The topological polar surface area (TPSA) is 127 Å². The molecule has 1 aliphatic heterocycles. The summed E-state index contributed by atoms with van der Waals surface area (Å²) < 4.78 is 38.8. The number of alkyl halides is 1. The van der Waals surface area contributed by atoms with Crippen LogP contribution >= 0.6 is 8.53 Å². The van der Waals surface area contributed by atoms with E-state index >= 15 is 4.39 Å². The molecule has 220 valence electrons. The first-order chi connectivity index (χ1) is 20.0. The highest BCUT2D eigenvalue weighted by Crippen LogP contribution is 2.48. The van der Waals surface area contributed by atoms with Crippen LogP contribution in [-0.4, -0.2) is 74.8 Å². The average Bonchev–Trinajstić information content (AvgIpc) is 3.42. The normalized spacial score (nSPS) is 21.6. The fourth-order valence-corrected chi connectivity index (χ4v) is 6.53. The van der Waals surface area contributed by atoms with Gasteiger partial charge < -0.3 is 23.7 Å². The van der Waals surface area contributed by atoms with Crippen LogP contribution in [0.25, 0.3) is 11.2 Å². The van der Waals surface area contributed by atoms with Gasteiger partial charge in [0.15, 0.2) is 23.2 Å². The Morgan fingerprint density at radius 2 is 1.98 bits per heavy atom. The molecule has 13 heteroatoms. The number of carbonyl (C=O) groups is 1. The minimum absolute atomic E-state index is 0.0988. The number of nitrogens with zero attached hydrogens (tertiary/aromatic N) is 6. The Balaban J connectivity index is 1.59. The van der Waals surface area contributed by atoms with Crippen molar-refractivity contribution in [1.82, 2.24) is 24.2 Å². The maximum atomic E-state index is 16.5. The number of imidazole rings is 1. The van der Waals surface area contributed by atoms with Crippen LogP contribution in [0.2, 0.25) is 0 Å². The monoisotopic (exact) mass is 585 g/mol. The lowest BCUT2D eigenvalue weighted by Gasteiger charge is -2.41. The molecule has 3 aromatic rings. The van der Waals surface area contributed by atoms with Crippen LogP contribution in [-0.2, 0) is 13.8 Å². The standard InChI is InChI=1S/C28H37FN7O4P/c1-4-14-35(15-5-2)41(39-16-10-13-30)40-25-22(6-3)38-17-21(23(25)29)36-19-33-24-26(31-18-32-27(24)36)34-28(37)20-11-8-7-9-12-20/h7-9,11-12,18-19,21-23,25H,4-6,10,14-17H2,1-3H3,(H,31,32,34,37)/t21-,22-,23+,25?,41?/m1/s1. The van der Waals surface area contributed by atoms with Crippen LogP contribution < -0.4 is 5.32 Å². The number of nitriles is 1. The third kappa shape index (κ3) is 7.42. The van der Waals surface area contributed by atoms with Crippen molar-refractivity contribution in [3.05, 3.63) is 48.5 Å². The summed E-state index contributed by atoms with van der Waals surface area (Å²) in [6.07, 6.45) is 2.52. The van der Waals surface area contributed by atoms with Crippen LogP contribution in [0.5, 0.6) is 0 Å².